The summed E-state index contributed by atoms with van der Waals surface area (Å²) in [5.41, 5.74) is 0.301. The van der Waals surface area contributed by atoms with Crippen LogP contribution in [-0.4, -0.2) is 51.6 Å². The minimum Gasteiger partial charge on any atom is -0.393 e. The van der Waals surface area contributed by atoms with Gasteiger partial charge in [-0.1, -0.05) is 32.9 Å². The largest absolute Gasteiger partial charge is 0.393 e. The third-order valence-corrected chi connectivity index (χ3v) is 8.38. The van der Waals surface area contributed by atoms with E-state index in [1.807, 2.05) is 0 Å². The Morgan fingerprint density at radius 3 is 2.63 bits per heavy atom. The molecule has 0 amide bonds. The fourth-order valence-corrected chi connectivity index (χ4v) is 6.53. The van der Waals surface area contributed by atoms with Crippen LogP contribution in [0.3, 0.4) is 0 Å². The topological polar surface area (TPSA) is 90.3 Å². The minimum atomic E-state index is -0.975. The van der Waals surface area contributed by atoms with Gasteiger partial charge < -0.3 is 20.1 Å². The summed E-state index contributed by atoms with van der Waals surface area (Å²) in [5.74, 6) is 0.328. The number of ether oxygens (including phenoxy) is 1. The second-order valence-corrected chi connectivity index (χ2v) is 10.0. The standard InChI is InChI=1S/C22H32O5/c1-12-5-6-15-20(2,3)16(24)7-8-21(15,4)14(12)10-22-17(25)9-13(11-23)18(26)19(22)27-22/h9,14-16,18-19,23-24,26H,1,5-8,10-11H2,2-4H3. The van der Waals surface area contributed by atoms with Gasteiger partial charge in [0.1, 0.15) is 12.2 Å². The molecular formula is C22H32O5. The first-order chi connectivity index (χ1) is 12.6. The molecule has 7 unspecified atom stereocenters. The molecule has 0 spiro atoms. The zero-order valence-electron chi connectivity index (χ0n) is 16.6. The van der Waals surface area contributed by atoms with Gasteiger partial charge in [-0.05, 0) is 66.4 Å². The van der Waals surface area contributed by atoms with E-state index in [1.54, 1.807) is 0 Å². The van der Waals surface area contributed by atoms with E-state index < -0.39 is 17.8 Å². The number of hydrogen-bond donors (Lipinski definition) is 3. The van der Waals surface area contributed by atoms with Crippen molar-refractivity contribution in [1.82, 2.24) is 0 Å². The van der Waals surface area contributed by atoms with Gasteiger partial charge in [0.25, 0.3) is 0 Å². The number of aliphatic hydroxyl groups excluding tert-OH is 3. The molecule has 3 N–H and O–H groups in total. The molecule has 3 fully saturated rings. The number of aliphatic hydroxyl groups is 3. The zero-order chi connectivity index (χ0) is 19.8. The summed E-state index contributed by atoms with van der Waals surface area (Å²) < 4.78 is 5.82. The molecule has 27 heavy (non-hydrogen) atoms. The summed E-state index contributed by atoms with van der Waals surface area (Å²) >= 11 is 0. The van der Waals surface area contributed by atoms with E-state index in [4.69, 9.17) is 4.74 Å². The van der Waals surface area contributed by atoms with Gasteiger partial charge in [0, 0.05) is 0 Å². The van der Waals surface area contributed by atoms with Crippen LogP contribution in [0.4, 0.5) is 0 Å². The molecule has 0 radical (unpaired) electrons. The highest BCUT2D eigenvalue weighted by atomic mass is 16.6. The highest BCUT2D eigenvalue weighted by Crippen LogP contribution is 2.64. The van der Waals surface area contributed by atoms with Crippen LogP contribution in [-0.2, 0) is 9.53 Å². The molecule has 5 nitrogen and oxygen atoms in total. The molecule has 1 saturated heterocycles. The van der Waals surface area contributed by atoms with E-state index in [1.165, 1.54) is 6.08 Å². The summed E-state index contributed by atoms with van der Waals surface area (Å²) in [5, 5.41) is 30.4. The Hall–Kier alpha value is -1.01. The van der Waals surface area contributed by atoms with Crippen LogP contribution < -0.4 is 0 Å². The van der Waals surface area contributed by atoms with E-state index in [2.05, 4.69) is 27.4 Å². The van der Waals surface area contributed by atoms with Crippen molar-refractivity contribution in [1.29, 1.82) is 0 Å². The zero-order valence-corrected chi connectivity index (χ0v) is 16.6. The van der Waals surface area contributed by atoms with Gasteiger partial charge in [0.15, 0.2) is 11.4 Å². The Morgan fingerprint density at radius 2 is 1.96 bits per heavy atom. The van der Waals surface area contributed by atoms with Gasteiger partial charge in [-0.15, -0.1) is 0 Å². The normalized spacial score (nSPS) is 48.5. The van der Waals surface area contributed by atoms with Crippen molar-refractivity contribution < 1.29 is 24.9 Å². The number of epoxide rings is 1. The van der Waals surface area contributed by atoms with Gasteiger partial charge in [-0.2, -0.15) is 0 Å². The number of fused-ring (bicyclic) bond motifs is 2. The van der Waals surface area contributed by atoms with E-state index in [9.17, 15) is 20.1 Å². The van der Waals surface area contributed by atoms with Crippen molar-refractivity contribution >= 4 is 5.78 Å². The third kappa shape index (κ3) is 2.55. The van der Waals surface area contributed by atoms with E-state index in [0.29, 0.717) is 17.9 Å². The van der Waals surface area contributed by atoms with Gasteiger partial charge in [-0.3, -0.25) is 4.79 Å². The number of carbonyl (C=O) groups excluding carboxylic acids is 1. The first kappa shape index (κ1) is 19.3. The lowest BCUT2D eigenvalue weighted by molar-refractivity contribution is -0.132. The van der Waals surface area contributed by atoms with Crippen molar-refractivity contribution in [3.05, 3.63) is 23.8 Å². The second kappa shape index (κ2) is 5.99. The van der Waals surface area contributed by atoms with Crippen LogP contribution in [0.25, 0.3) is 0 Å². The van der Waals surface area contributed by atoms with Crippen molar-refractivity contribution in [3.63, 3.8) is 0 Å². The maximum absolute atomic E-state index is 12.8. The maximum Gasteiger partial charge on any atom is 0.190 e. The lowest BCUT2D eigenvalue weighted by atomic mass is 9.46. The van der Waals surface area contributed by atoms with Crippen LogP contribution in [0.15, 0.2) is 23.8 Å². The first-order valence-corrected chi connectivity index (χ1v) is 10.2. The van der Waals surface area contributed by atoms with Crippen LogP contribution in [0, 0.1) is 22.7 Å². The van der Waals surface area contributed by atoms with Crippen molar-refractivity contribution in [2.24, 2.45) is 22.7 Å². The molecular weight excluding hydrogens is 344 g/mol. The molecule has 0 bridgehead atoms. The molecule has 0 aromatic carbocycles. The van der Waals surface area contributed by atoms with E-state index >= 15 is 0 Å². The van der Waals surface area contributed by atoms with Crippen LogP contribution in [0.2, 0.25) is 0 Å². The molecule has 2 saturated carbocycles. The first-order valence-electron chi connectivity index (χ1n) is 10.2. The number of hydrogen-bond acceptors (Lipinski definition) is 5. The molecule has 0 aromatic rings. The molecule has 4 rings (SSSR count). The van der Waals surface area contributed by atoms with Crippen molar-refractivity contribution in [2.75, 3.05) is 6.61 Å². The van der Waals surface area contributed by atoms with Crippen molar-refractivity contribution in [3.8, 4) is 0 Å². The summed E-state index contributed by atoms with van der Waals surface area (Å²) in [6.07, 6.45) is 3.68. The quantitative estimate of drug-likeness (QED) is 0.519. The van der Waals surface area contributed by atoms with Crippen LogP contribution in [0.5, 0.6) is 0 Å². The maximum atomic E-state index is 12.8. The Balaban J connectivity index is 1.65. The molecule has 0 aromatic heterocycles. The highest BCUT2D eigenvalue weighted by molar-refractivity contribution is 6.02. The molecule has 4 aliphatic rings. The summed E-state index contributed by atoms with van der Waals surface area (Å²) in [7, 11) is 0. The summed E-state index contributed by atoms with van der Waals surface area (Å²) in [6, 6.07) is 0. The fraction of sp³-hybridized carbons (Fsp3) is 0.773. The average Bonchev–Trinajstić information content (AvgIpc) is 3.35. The third-order valence-electron chi connectivity index (χ3n) is 8.38. The predicted octanol–water partition coefficient (Wildman–Crippen LogP) is 2.15. The molecule has 150 valence electrons. The molecule has 5 heteroatoms. The Morgan fingerprint density at radius 1 is 1.26 bits per heavy atom. The van der Waals surface area contributed by atoms with Gasteiger partial charge >= 0.3 is 0 Å². The van der Waals surface area contributed by atoms with Gasteiger partial charge in [0.05, 0.1) is 12.7 Å². The lowest BCUT2D eigenvalue weighted by Crippen LogP contribution is -2.56. The summed E-state index contributed by atoms with van der Waals surface area (Å²) in [6.45, 7) is 10.6. The number of carbonyl (C=O) groups is 1. The average molecular weight is 376 g/mol. The lowest BCUT2D eigenvalue weighted by Gasteiger charge is -2.59. The molecule has 1 heterocycles. The Kier molecular flexibility index (Phi) is 4.29. The van der Waals surface area contributed by atoms with Crippen LogP contribution in [0.1, 0.15) is 52.9 Å². The van der Waals surface area contributed by atoms with Gasteiger partial charge in [-0.25, -0.2) is 0 Å². The monoisotopic (exact) mass is 376 g/mol. The van der Waals surface area contributed by atoms with Gasteiger partial charge in [0.2, 0.25) is 0 Å². The molecule has 7 atom stereocenters. The minimum absolute atomic E-state index is 0.0461. The second-order valence-electron chi connectivity index (χ2n) is 10.0. The van der Waals surface area contributed by atoms with Crippen molar-refractivity contribution in [2.45, 2.75) is 76.8 Å². The highest BCUT2D eigenvalue weighted by Gasteiger charge is 2.69. The smallest absolute Gasteiger partial charge is 0.190 e. The van der Waals surface area contributed by atoms with E-state index in [0.717, 1.165) is 31.3 Å². The van der Waals surface area contributed by atoms with Crippen LogP contribution >= 0.6 is 0 Å². The van der Waals surface area contributed by atoms with E-state index in [-0.39, 0.29) is 35.2 Å². The SMILES string of the molecule is C=C1CCC2C(C)(C)C(O)CCC2(C)C1CC12OC1C(O)C(CO)=CC2=O. The molecule has 3 aliphatic carbocycles. The number of allylic oxidation sites excluding steroid dienone is 1. The number of ketones is 1. The molecule has 1 aliphatic heterocycles. The number of rotatable bonds is 3. The Bertz CT molecular complexity index is 709. The predicted molar refractivity (Wildman–Crippen MR) is 101 cm³/mol. The summed E-state index contributed by atoms with van der Waals surface area (Å²) in [4.78, 5) is 12.8. The Labute approximate surface area is 161 Å². The fourth-order valence-electron chi connectivity index (χ4n) is 6.53.